The Morgan fingerprint density at radius 2 is 2.13 bits per heavy atom. The molecule has 0 aromatic carbocycles. The summed E-state index contributed by atoms with van der Waals surface area (Å²) in [5.41, 5.74) is 0. The first kappa shape index (κ1) is 11.4. The summed E-state index contributed by atoms with van der Waals surface area (Å²) in [7, 11) is 2.20. The summed E-state index contributed by atoms with van der Waals surface area (Å²) >= 11 is 0. The van der Waals surface area contributed by atoms with Crippen LogP contribution in [0.25, 0.3) is 0 Å². The lowest BCUT2D eigenvalue weighted by molar-refractivity contribution is 0.139. The molecule has 0 bridgehead atoms. The van der Waals surface area contributed by atoms with Crippen molar-refractivity contribution in [1.82, 2.24) is 10.2 Å². The van der Waals surface area contributed by atoms with Gasteiger partial charge in [-0.3, -0.25) is 0 Å². The molecular formula is C12H24N2O. The van der Waals surface area contributed by atoms with Crippen LogP contribution in [0.1, 0.15) is 32.1 Å². The highest BCUT2D eigenvalue weighted by Crippen LogP contribution is 2.20. The predicted molar refractivity (Wildman–Crippen MR) is 61.9 cm³/mol. The number of aliphatic hydroxyl groups excluding tert-OH is 1. The zero-order valence-electron chi connectivity index (χ0n) is 9.78. The largest absolute Gasteiger partial charge is 0.392 e. The Balaban J connectivity index is 1.68. The maximum atomic E-state index is 9.70. The van der Waals surface area contributed by atoms with Crippen LogP contribution in [0.3, 0.4) is 0 Å². The second-order valence-corrected chi connectivity index (χ2v) is 5.28. The Kier molecular flexibility index (Phi) is 4.00. The van der Waals surface area contributed by atoms with Crippen LogP contribution in [0, 0.1) is 5.92 Å². The lowest BCUT2D eigenvalue weighted by Crippen LogP contribution is -2.42. The molecule has 3 nitrogen and oxygen atoms in total. The SMILES string of the molecule is CN1CCCC(CN[C@@H]2CCC[C@H]2O)C1. The Morgan fingerprint density at radius 3 is 2.80 bits per heavy atom. The zero-order chi connectivity index (χ0) is 10.7. The highest BCUT2D eigenvalue weighted by atomic mass is 16.3. The molecule has 2 rings (SSSR count). The number of likely N-dealkylation sites (tertiary alicyclic amines) is 1. The van der Waals surface area contributed by atoms with E-state index in [0.717, 1.165) is 25.3 Å². The molecule has 0 aromatic heterocycles. The van der Waals surface area contributed by atoms with Gasteiger partial charge in [0.15, 0.2) is 0 Å². The van der Waals surface area contributed by atoms with Crippen molar-refractivity contribution in [3.05, 3.63) is 0 Å². The molecule has 0 spiro atoms. The van der Waals surface area contributed by atoms with Crippen LogP contribution in [0.5, 0.6) is 0 Å². The van der Waals surface area contributed by atoms with E-state index in [2.05, 4.69) is 17.3 Å². The summed E-state index contributed by atoms with van der Waals surface area (Å²) in [5, 5.41) is 13.2. The molecule has 2 aliphatic rings. The lowest BCUT2D eigenvalue weighted by Gasteiger charge is -2.31. The minimum absolute atomic E-state index is 0.0914. The van der Waals surface area contributed by atoms with Crippen molar-refractivity contribution in [2.45, 2.75) is 44.2 Å². The minimum Gasteiger partial charge on any atom is -0.392 e. The van der Waals surface area contributed by atoms with Gasteiger partial charge in [-0.15, -0.1) is 0 Å². The molecule has 1 aliphatic carbocycles. The number of piperidine rings is 1. The van der Waals surface area contributed by atoms with Crippen LogP contribution in [-0.2, 0) is 0 Å². The molecule has 2 fully saturated rings. The Bertz CT molecular complexity index is 198. The highest BCUT2D eigenvalue weighted by molar-refractivity contribution is 4.84. The Hall–Kier alpha value is -0.120. The van der Waals surface area contributed by atoms with Crippen molar-refractivity contribution in [1.29, 1.82) is 0 Å². The summed E-state index contributed by atoms with van der Waals surface area (Å²) in [5.74, 6) is 0.788. The summed E-state index contributed by atoms with van der Waals surface area (Å²) in [6.07, 6.45) is 5.91. The smallest absolute Gasteiger partial charge is 0.0693 e. The molecule has 0 radical (unpaired) electrons. The van der Waals surface area contributed by atoms with Crippen LogP contribution in [0.15, 0.2) is 0 Å². The molecule has 2 N–H and O–H groups in total. The first-order chi connectivity index (χ1) is 7.25. The van der Waals surface area contributed by atoms with Gasteiger partial charge in [0.1, 0.15) is 0 Å². The summed E-state index contributed by atoms with van der Waals surface area (Å²) in [4.78, 5) is 2.42. The number of nitrogens with one attached hydrogen (secondary N) is 1. The van der Waals surface area contributed by atoms with Gasteiger partial charge in [0.2, 0.25) is 0 Å². The molecule has 1 aliphatic heterocycles. The fraction of sp³-hybridized carbons (Fsp3) is 1.00. The number of hydrogen-bond acceptors (Lipinski definition) is 3. The average Bonchev–Trinajstić information content (AvgIpc) is 2.61. The molecule has 0 amide bonds. The molecule has 88 valence electrons. The molecule has 1 unspecified atom stereocenters. The van der Waals surface area contributed by atoms with Gasteiger partial charge in [-0.25, -0.2) is 0 Å². The van der Waals surface area contributed by atoms with Crippen molar-refractivity contribution in [3.8, 4) is 0 Å². The van der Waals surface area contributed by atoms with Crippen LogP contribution in [0.2, 0.25) is 0 Å². The van der Waals surface area contributed by atoms with Gasteiger partial charge in [0.25, 0.3) is 0 Å². The van der Waals surface area contributed by atoms with E-state index in [1.54, 1.807) is 0 Å². The number of rotatable bonds is 3. The zero-order valence-corrected chi connectivity index (χ0v) is 9.78. The van der Waals surface area contributed by atoms with E-state index in [1.807, 2.05) is 0 Å². The van der Waals surface area contributed by atoms with E-state index in [-0.39, 0.29) is 6.10 Å². The minimum atomic E-state index is -0.0914. The van der Waals surface area contributed by atoms with Crippen molar-refractivity contribution in [3.63, 3.8) is 0 Å². The number of nitrogens with zero attached hydrogens (tertiary/aromatic N) is 1. The molecule has 3 atom stereocenters. The molecule has 15 heavy (non-hydrogen) atoms. The topological polar surface area (TPSA) is 35.5 Å². The van der Waals surface area contributed by atoms with Crippen LogP contribution < -0.4 is 5.32 Å². The third-order valence-electron chi connectivity index (χ3n) is 3.87. The average molecular weight is 212 g/mol. The van der Waals surface area contributed by atoms with Crippen LogP contribution >= 0.6 is 0 Å². The van der Waals surface area contributed by atoms with E-state index in [9.17, 15) is 5.11 Å². The molecule has 3 heteroatoms. The van der Waals surface area contributed by atoms with E-state index in [0.29, 0.717) is 6.04 Å². The maximum Gasteiger partial charge on any atom is 0.0693 e. The van der Waals surface area contributed by atoms with Crippen molar-refractivity contribution in [2.75, 3.05) is 26.7 Å². The highest BCUT2D eigenvalue weighted by Gasteiger charge is 2.26. The van der Waals surface area contributed by atoms with Crippen molar-refractivity contribution < 1.29 is 5.11 Å². The normalized spacial score (nSPS) is 38.4. The quantitative estimate of drug-likeness (QED) is 0.727. The van der Waals surface area contributed by atoms with Gasteiger partial charge in [-0.1, -0.05) is 0 Å². The summed E-state index contributed by atoms with van der Waals surface area (Å²) in [6.45, 7) is 3.56. The van der Waals surface area contributed by atoms with E-state index < -0.39 is 0 Å². The van der Waals surface area contributed by atoms with E-state index >= 15 is 0 Å². The van der Waals surface area contributed by atoms with E-state index in [4.69, 9.17) is 0 Å². The fourth-order valence-corrected chi connectivity index (χ4v) is 2.94. The fourth-order valence-electron chi connectivity index (χ4n) is 2.94. The van der Waals surface area contributed by atoms with Crippen molar-refractivity contribution >= 4 is 0 Å². The van der Waals surface area contributed by atoms with Crippen molar-refractivity contribution in [2.24, 2.45) is 5.92 Å². The maximum absolute atomic E-state index is 9.70. The summed E-state index contributed by atoms with van der Waals surface area (Å²) < 4.78 is 0. The van der Waals surface area contributed by atoms with Gasteiger partial charge < -0.3 is 15.3 Å². The number of aliphatic hydroxyl groups is 1. The second-order valence-electron chi connectivity index (χ2n) is 5.28. The predicted octanol–water partition coefficient (Wildman–Crippen LogP) is 0.831. The monoisotopic (exact) mass is 212 g/mol. The molecule has 1 saturated heterocycles. The molecular weight excluding hydrogens is 188 g/mol. The van der Waals surface area contributed by atoms with Gasteiger partial charge in [-0.2, -0.15) is 0 Å². The Morgan fingerprint density at radius 1 is 1.27 bits per heavy atom. The van der Waals surface area contributed by atoms with Crippen LogP contribution in [0.4, 0.5) is 0 Å². The standard InChI is InChI=1S/C12H24N2O/c1-14-7-3-4-10(9-14)8-13-11-5-2-6-12(11)15/h10-13,15H,2-9H2,1H3/t10?,11-,12-/m1/s1. The van der Waals surface area contributed by atoms with Gasteiger partial charge in [0.05, 0.1) is 6.10 Å². The van der Waals surface area contributed by atoms with Crippen LogP contribution in [-0.4, -0.2) is 48.8 Å². The van der Waals surface area contributed by atoms with Gasteiger partial charge in [0, 0.05) is 12.6 Å². The van der Waals surface area contributed by atoms with Gasteiger partial charge in [-0.05, 0) is 58.2 Å². The molecule has 1 heterocycles. The first-order valence-electron chi connectivity index (χ1n) is 6.35. The third kappa shape index (κ3) is 3.16. The molecule has 1 saturated carbocycles. The third-order valence-corrected chi connectivity index (χ3v) is 3.87. The van der Waals surface area contributed by atoms with E-state index in [1.165, 1.54) is 32.4 Å². The Labute approximate surface area is 92.8 Å². The number of hydrogen-bond donors (Lipinski definition) is 2. The first-order valence-corrected chi connectivity index (χ1v) is 6.35. The lowest BCUT2D eigenvalue weighted by atomic mass is 9.98. The summed E-state index contributed by atoms with van der Waals surface area (Å²) in [6, 6.07) is 0.372. The van der Waals surface area contributed by atoms with Gasteiger partial charge >= 0.3 is 0 Å². The molecule has 0 aromatic rings. The second kappa shape index (κ2) is 5.28.